The Kier molecular flexibility index (Phi) is 3.66. The van der Waals surface area contributed by atoms with Gasteiger partial charge in [-0.05, 0) is 24.0 Å². The summed E-state index contributed by atoms with van der Waals surface area (Å²) in [6.07, 6.45) is 4.70. The van der Waals surface area contributed by atoms with E-state index in [1.165, 1.54) is 17.7 Å². The molecule has 1 aliphatic carbocycles. The van der Waals surface area contributed by atoms with Crippen molar-refractivity contribution < 1.29 is 9.59 Å². The Morgan fingerprint density at radius 3 is 2.41 bits per heavy atom. The molecule has 0 aromatic rings. The van der Waals surface area contributed by atoms with Crippen LogP contribution in [-0.4, -0.2) is 54.0 Å². The summed E-state index contributed by atoms with van der Waals surface area (Å²) in [6.45, 7) is 1.17. The van der Waals surface area contributed by atoms with Crippen molar-refractivity contribution >= 4 is 24.4 Å². The van der Waals surface area contributed by atoms with E-state index in [9.17, 15) is 9.59 Å². The van der Waals surface area contributed by atoms with Gasteiger partial charge in [-0.15, -0.1) is 0 Å². The smallest absolute Gasteiger partial charge is 0.242 e. The maximum Gasteiger partial charge on any atom is 0.242 e. The van der Waals surface area contributed by atoms with Gasteiger partial charge >= 0.3 is 0 Å². The third-order valence-corrected chi connectivity index (χ3v) is 4.67. The number of hydrogen-bond donors (Lipinski definition) is 1. The van der Waals surface area contributed by atoms with Gasteiger partial charge in [0.25, 0.3) is 0 Å². The van der Waals surface area contributed by atoms with Crippen LogP contribution in [0.15, 0.2) is 0 Å². The van der Waals surface area contributed by atoms with Crippen LogP contribution in [-0.2, 0) is 9.59 Å². The second kappa shape index (κ2) is 4.88. The molecule has 5 heteroatoms. The van der Waals surface area contributed by atoms with Gasteiger partial charge in [0.05, 0.1) is 13.1 Å². The van der Waals surface area contributed by atoms with Gasteiger partial charge in [-0.1, -0.05) is 12.8 Å². The number of hydrogen-bond acceptors (Lipinski definition) is 3. The third-order valence-electron chi connectivity index (χ3n) is 4.00. The van der Waals surface area contributed by atoms with Gasteiger partial charge in [-0.3, -0.25) is 9.59 Å². The highest BCUT2D eigenvalue weighted by Gasteiger charge is 2.38. The minimum Gasteiger partial charge on any atom is -0.335 e. The Morgan fingerprint density at radius 2 is 1.82 bits per heavy atom. The summed E-state index contributed by atoms with van der Waals surface area (Å²) < 4.78 is 0. The fourth-order valence-electron chi connectivity index (χ4n) is 2.80. The Balaban J connectivity index is 2.02. The molecule has 0 unspecified atom stereocenters. The van der Waals surface area contributed by atoms with Gasteiger partial charge in [0, 0.05) is 13.6 Å². The molecule has 96 valence electrons. The first kappa shape index (κ1) is 12.7. The van der Waals surface area contributed by atoms with E-state index in [2.05, 4.69) is 12.6 Å². The van der Waals surface area contributed by atoms with Crippen LogP contribution in [0.25, 0.3) is 0 Å². The van der Waals surface area contributed by atoms with Crippen molar-refractivity contribution in [2.75, 3.05) is 32.4 Å². The molecule has 0 aromatic heterocycles. The topological polar surface area (TPSA) is 40.6 Å². The predicted molar refractivity (Wildman–Crippen MR) is 69.0 cm³/mol. The van der Waals surface area contributed by atoms with Gasteiger partial charge < -0.3 is 9.80 Å². The molecule has 0 bridgehead atoms. The summed E-state index contributed by atoms with van der Waals surface area (Å²) >= 11 is 4.44. The Morgan fingerprint density at radius 1 is 1.18 bits per heavy atom. The van der Waals surface area contributed by atoms with Crippen LogP contribution in [0.1, 0.15) is 25.7 Å². The van der Waals surface area contributed by atoms with Crippen LogP contribution in [0.3, 0.4) is 0 Å². The number of piperazine rings is 1. The Labute approximate surface area is 108 Å². The van der Waals surface area contributed by atoms with E-state index in [1.807, 2.05) is 0 Å². The fourth-order valence-corrected chi connectivity index (χ4v) is 3.22. The summed E-state index contributed by atoms with van der Waals surface area (Å²) in [5, 5.41) is 0. The standard InChI is InChI=1S/C12H20N2O2S/c1-13-6-11(16)14(7-10(13)15)8-12(9-17)4-2-3-5-12/h17H,2-9H2,1H3. The lowest BCUT2D eigenvalue weighted by atomic mass is 9.87. The van der Waals surface area contributed by atoms with Crippen molar-refractivity contribution in [3.63, 3.8) is 0 Å². The number of carbonyl (C=O) groups excluding carboxylic acids is 2. The number of nitrogens with zero attached hydrogens (tertiary/aromatic N) is 2. The van der Waals surface area contributed by atoms with Crippen LogP contribution in [0.4, 0.5) is 0 Å². The maximum atomic E-state index is 11.9. The average Bonchev–Trinajstić information content (AvgIpc) is 2.75. The van der Waals surface area contributed by atoms with Crippen molar-refractivity contribution in [1.82, 2.24) is 9.80 Å². The highest BCUT2D eigenvalue weighted by Crippen LogP contribution is 2.39. The molecule has 1 heterocycles. The van der Waals surface area contributed by atoms with Crippen molar-refractivity contribution in [2.45, 2.75) is 25.7 Å². The Hall–Kier alpha value is -0.710. The van der Waals surface area contributed by atoms with Gasteiger partial charge in [-0.25, -0.2) is 0 Å². The first-order chi connectivity index (χ1) is 8.06. The minimum absolute atomic E-state index is 0.0388. The number of thiol groups is 1. The number of rotatable bonds is 3. The molecule has 2 amide bonds. The molecule has 2 fully saturated rings. The summed E-state index contributed by atoms with van der Waals surface area (Å²) in [4.78, 5) is 26.8. The van der Waals surface area contributed by atoms with Crippen LogP contribution in [0.5, 0.6) is 0 Å². The molecule has 0 N–H and O–H groups in total. The normalized spacial score (nSPS) is 24.6. The second-order valence-corrected chi connectivity index (χ2v) is 5.68. The average molecular weight is 256 g/mol. The zero-order chi connectivity index (χ0) is 12.5. The summed E-state index contributed by atoms with van der Waals surface area (Å²) in [5.41, 5.74) is 0.148. The minimum atomic E-state index is 0.0388. The summed E-state index contributed by atoms with van der Waals surface area (Å²) in [6, 6.07) is 0. The lowest BCUT2D eigenvalue weighted by Crippen LogP contribution is -2.54. The highest BCUT2D eigenvalue weighted by molar-refractivity contribution is 7.80. The zero-order valence-electron chi connectivity index (χ0n) is 10.3. The molecule has 1 saturated heterocycles. The van der Waals surface area contributed by atoms with Crippen molar-refractivity contribution in [3.8, 4) is 0 Å². The molecule has 1 saturated carbocycles. The van der Waals surface area contributed by atoms with E-state index in [1.54, 1.807) is 11.9 Å². The van der Waals surface area contributed by atoms with Gasteiger partial charge in [0.2, 0.25) is 11.8 Å². The molecule has 0 atom stereocenters. The lowest BCUT2D eigenvalue weighted by molar-refractivity contribution is -0.150. The molecular formula is C12H20N2O2S. The highest BCUT2D eigenvalue weighted by atomic mass is 32.1. The summed E-state index contributed by atoms with van der Waals surface area (Å²) in [5.74, 6) is 0.915. The molecule has 4 nitrogen and oxygen atoms in total. The predicted octanol–water partition coefficient (Wildman–Crippen LogP) is 0.777. The number of carbonyl (C=O) groups is 2. The molecule has 2 aliphatic rings. The molecule has 1 aliphatic heterocycles. The van der Waals surface area contributed by atoms with Crippen molar-refractivity contribution in [2.24, 2.45) is 5.41 Å². The SMILES string of the molecule is CN1CC(=O)N(CC2(CS)CCCC2)CC1=O. The largest absolute Gasteiger partial charge is 0.335 e. The zero-order valence-corrected chi connectivity index (χ0v) is 11.2. The number of amides is 2. The second-order valence-electron chi connectivity index (χ2n) is 5.36. The van der Waals surface area contributed by atoms with E-state index in [-0.39, 0.29) is 30.3 Å². The van der Waals surface area contributed by atoms with Crippen LogP contribution in [0, 0.1) is 5.41 Å². The quantitative estimate of drug-likeness (QED) is 0.758. The molecular weight excluding hydrogens is 236 g/mol. The Bertz CT molecular complexity index is 326. The van der Waals surface area contributed by atoms with E-state index < -0.39 is 0 Å². The van der Waals surface area contributed by atoms with Crippen molar-refractivity contribution in [1.29, 1.82) is 0 Å². The number of likely N-dealkylation sites (N-methyl/N-ethyl adjacent to an activating group) is 1. The van der Waals surface area contributed by atoms with E-state index in [4.69, 9.17) is 0 Å². The van der Waals surface area contributed by atoms with Gasteiger partial charge in [-0.2, -0.15) is 12.6 Å². The molecule has 0 spiro atoms. The van der Waals surface area contributed by atoms with E-state index in [0.717, 1.165) is 18.6 Å². The first-order valence-electron chi connectivity index (χ1n) is 6.19. The van der Waals surface area contributed by atoms with Gasteiger partial charge in [0.15, 0.2) is 0 Å². The van der Waals surface area contributed by atoms with Crippen LogP contribution < -0.4 is 0 Å². The third kappa shape index (κ3) is 2.59. The first-order valence-corrected chi connectivity index (χ1v) is 6.82. The van der Waals surface area contributed by atoms with Crippen LogP contribution in [0.2, 0.25) is 0 Å². The maximum absolute atomic E-state index is 11.9. The van der Waals surface area contributed by atoms with Crippen molar-refractivity contribution in [3.05, 3.63) is 0 Å². The van der Waals surface area contributed by atoms with Gasteiger partial charge in [0.1, 0.15) is 0 Å². The van der Waals surface area contributed by atoms with Crippen LogP contribution >= 0.6 is 12.6 Å². The fraction of sp³-hybridized carbons (Fsp3) is 0.833. The molecule has 0 radical (unpaired) electrons. The molecule has 2 rings (SSSR count). The molecule has 17 heavy (non-hydrogen) atoms. The summed E-state index contributed by atoms with van der Waals surface area (Å²) in [7, 11) is 1.68. The van der Waals surface area contributed by atoms with E-state index >= 15 is 0 Å². The monoisotopic (exact) mass is 256 g/mol. The molecule has 0 aromatic carbocycles. The lowest BCUT2D eigenvalue weighted by Gasteiger charge is -2.38. The van der Waals surface area contributed by atoms with E-state index in [0.29, 0.717) is 6.54 Å².